The lowest BCUT2D eigenvalue weighted by Gasteiger charge is -2.33. The summed E-state index contributed by atoms with van der Waals surface area (Å²) in [4.78, 5) is 13.9. The minimum Gasteiger partial charge on any atom is -0.340 e. The van der Waals surface area contributed by atoms with Crippen LogP contribution in [0.2, 0.25) is 0 Å². The first kappa shape index (κ1) is 21.3. The number of hydrogen-bond acceptors (Lipinski definition) is 4. The minimum atomic E-state index is -4.46. The largest absolute Gasteiger partial charge is 0.416 e. The Labute approximate surface area is 172 Å². The molecule has 1 fully saturated rings. The van der Waals surface area contributed by atoms with Crippen molar-refractivity contribution in [1.82, 2.24) is 9.21 Å². The van der Waals surface area contributed by atoms with E-state index in [9.17, 15) is 26.4 Å². The quantitative estimate of drug-likeness (QED) is 0.649. The Hall–Kier alpha value is -1.43. The first-order valence-corrected chi connectivity index (χ1v) is 11.3. The lowest BCUT2D eigenvalue weighted by Crippen LogP contribution is -2.50. The van der Waals surface area contributed by atoms with E-state index in [-0.39, 0.29) is 48.3 Å². The van der Waals surface area contributed by atoms with Gasteiger partial charge in [-0.15, -0.1) is 11.3 Å². The molecule has 2 heterocycles. The zero-order valence-electron chi connectivity index (χ0n) is 14.4. The van der Waals surface area contributed by atoms with Gasteiger partial charge in [-0.2, -0.15) is 17.5 Å². The van der Waals surface area contributed by atoms with Gasteiger partial charge in [-0.3, -0.25) is 4.79 Å². The predicted molar refractivity (Wildman–Crippen MR) is 103 cm³/mol. The molecule has 1 aliphatic rings. The number of alkyl halides is 3. The third kappa shape index (κ3) is 4.76. The van der Waals surface area contributed by atoms with Gasteiger partial charge in [0, 0.05) is 26.2 Å². The van der Waals surface area contributed by atoms with Crippen molar-refractivity contribution in [2.24, 2.45) is 0 Å². The topological polar surface area (TPSA) is 57.7 Å². The summed E-state index contributed by atoms with van der Waals surface area (Å²) < 4.78 is 65.9. The number of carbonyl (C=O) groups excluding carboxylic acids is 1. The van der Waals surface area contributed by atoms with E-state index in [1.54, 1.807) is 6.07 Å². The van der Waals surface area contributed by atoms with Crippen LogP contribution in [0, 0.1) is 0 Å². The number of halogens is 4. The molecule has 0 unspecified atom stereocenters. The van der Waals surface area contributed by atoms with Crippen LogP contribution in [0.4, 0.5) is 13.2 Å². The summed E-state index contributed by atoms with van der Waals surface area (Å²) in [5.41, 5.74) is -0.519. The van der Waals surface area contributed by atoms with Crippen molar-refractivity contribution >= 4 is 43.2 Å². The first-order valence-electron chi connectivity index (χ1n) is 8.27. The molecule has 0 atom stereocenters. The maximum absolute atomic E-state index is 12.8. The average molecular weight is 497 g/mol. The second-order valence-electron chi connectivity index (χ2n) is 6.22. The molecule has 2 aromatic rings. The third-order valence-electron chi connectivity index (χ3n) is 4.34. The summed E-state index contributed by atoms with van der Waals surface area (Å²) in [5, 5.41) is 0. The van der Waals surface area contributed by atoms with Gasteiger partial charge in [0.1, 0.15) is 4.21 Å². The normalized spacial score (nSPS) is 16.4. The standard InChI is InChI=1S/C17H16BrF3N2O3S2/c18-14-4-5-16(27-14)28(25,26)23-8-6-22(7-9-23)15(24)11-12-2-1-3-13(10-12)17(19,20)21/h1-5,10H,6-9,11H2. The van der Waals surface area contributed by atoms with Crippen molar-refractivity contribution < 1.29 is 26.4 Å². The Morgan fingerprint density at radius 3 is 2.36 bits per heavy atom. The molecule has 0 spiro atoms. The monoisotopic (exact) mass is 496 g/mol. The molecule has 3 rings (SSSR count). The predicted octanol–water partition coefficient (Wildman–Crippen LogP) is 3.61. The van der Waals surface area contributed by atoms with E-state index < -0.39 is 21.8 Å². The zero-order valence-corrected chi connectivity index (χ0v) is 17.7. The van der Waals surface area contributed by atoms with Crippen LogP contribution in [0.1, 0.15) is 11.1 Å². The molecular formula is C17H16BrF3N2O3S2. The van der Waals surface area contributed by atoms with Gasteiger partial charge in [0.25, 0.3) is 10.0 Å². The highest BCUT2D eigenvalue weighted by atomic mass is 79.9. The van der Waals surface area contributed by atoms with Gasteiger partial charge in [0.05, 0.1) is 15.8 Å². The molecule has 1 saturated heterocycles. The van der Waals surface area contributed by atoms with Crippen LogP contribution in [-0.2, 0) is 27.4 Å². The molecule has 1 amide bonds. The number of amides is 1. The fourth-order valence-electron chi connectivity index (χ4n) is 2.89. The van der Waals surface area contributed by atoms with Crippen LogP contribution in [0.3, 0.4) is 0 Å². The van der Waals surface area contributed by atoms with Crippen molar-refractivity contribution in [3.05, 3.63) is 51.3 Å². The molecule has 5 nitrogen and oxygen atoms in total. The van der Waals surface area contributed by atoms with E-state index in [1.807, 2.05) is 0 Å². The van der Waals surface area contributed by atoms with E-state index >= 15 is 0 Å². The number of rotatable bonds is 4. The molecule has 0 saturated carbocycles. The van der Waals surface area contributed by atoms with Crippen LogP contribution < -0.4 is 0 Å². The Balaban J connectivity index is 1.61. The average Bonchev–Trinajstić information content (AvgIpc) is 3.08. The lowest BCUT2D eigenvalue weighted by atomic mass is 10.1. The highest BCUT2D eigenvalue weighted by Gasteiger charge is 2.32. The molecule has 11 heteroatoms. The molecule has 1 aromatic carbocycles. The van der Waals surface area contributed by atoms with Crippen molar-refractivity contribution in [2.75, 3.05) is 26.2 Å². The number of piperazine rings is 1. The van der Waals surface area contributed by atoms with Crippen LogP contribution in [-0.4, -0.2) is 49.7 Å². The molecule has 152 valence electrons. The molecule has 0 aliphatic carbocycles. The number of sulfonamides is 1. The van der Waals surface area contributed by atoms with Gasteiger partial charge in [0.2, 0.25) is 5.91 Å². The second kappa shape index (κ2) is 8.13. The van der Waals surface area contributed by atoms with Gasteiger partial charge in [-0.05, 0) is 39.7 Å². The van der Waals surface area contributed by atoms with Crippen molar-refractivity contribution in [1.29, 1.82) is 0 Å². The highest BCUT2D eigenvalue weighted by molar-refractivity contribution is 9.11. The summed E-state index contributed by atoms with van der Waals surface area (Å²) in [7, 11) is -3.61. The van der Waals surface area contributed by atoms with Crippen LogP contribution in [0.25, 0.3) is 0 Å². The summed E-state index contributed by atoms with van der Waals surface area (Å²) in [6, 6.07) is 7.85. The Morgan fingerprint density at radius 1 is 1.11 bits per heavy atom. The second-order valence-corrected chi connectivity index (χ2v) is 10.8. The van der Waals surface area contributed by atoms with Gasteiger partial charge in [-0.25, -0.2) is 8.42 Å². The summed E-state index contributed by atoms with van der Waals surface area (Å²) in [5.74, 6) is -0.324. The fourth-order valence-corrected chi connectivity index (χ4v) is 6.47. The molecule has 1 aliphatic heterocycles. The molecule has 28 heavy (non-hydrogen) atoms. The summed E-state index contributed by atoms with van der Waals surface area (Å²) in [6.45, 7) is 0.686. The van der Waals surface area contributed by atoms with Gasteiger partial charge in [-0.1, -0.05) is 18.2 Å². The molecule has 0 bridgehead atoms. The van der Waals surface area contributed by atoms with E-state index in [1.165, 1.54) is 27.4 Å². The molecule has 0 radical (unpaired) electrons. The van der Waals surface area contributed by atoms with Crippen molar-refractivity contribution in [3.8, 4) is 0 Å². The smallest absolute Gasteiger partial charge is 0.340 e. The Morgan fingerprint density at radius 2 is 1.79 bits per heavy atom. The first-order chi connectivity index (χ1) is 13.1. The van der Waals surface area contributed by atoms with E-state index in [0.29, 0.717) is 3.79 Å². The van der Waals surface area contributed by atoms with Gasteiger partial charge < -0.3 is 4.90 Å². The highest BCUT2D eigenvalue weighted by Crippen LogP contribution is 2.30. The van der Waals surface area contributed by atoms with Crippen molar-refractivity contribution in [3.63, 3.8) is 0 Å². The van der Waals surface area contributed by atoms with E-state index in [4.69, 9.17) is 0 Å². The minimum absolute atomic E-state index is 0.145. The fraction of sp³-hybridized carbons (Fsp3) is 0.353. The maximum atomic E-state index is 12.8. The van der Waals surface area contributed by atoms with Gasteiger partial charge in [0.15, 0.2) is 0 Å². The third-order valence-corrected chi connectivity index (χ3v) is 8.33. The SMILES string of the molecule is O=C(Cc1cccc(C(F)(F)F)c1)N1CCN(S(=O)(=O)c2ccc(Br)s2)CC1. The van der Waals surface area contributed by atoms with Crippen LogP contribution >= 0.6 is 27.3 Å². The lowest BCUT2D eigenvalue weighted by molar-refractivity contribution is -0.138. The van der Waals surface area contributed by atoms with E-state index in [2.05, 4.69) is 15.9 Å². The number of benzene rings is 1. The number of nitrogens with zero attached hydrogens (tertiary/aromatic N) is 2. The summed E-state index contributed by atoms with van der Waals surface area (Å²) in [6.07, 6.45) is -4.62. The van der Waals surface area contributed by atoms with Gasteiger partial charge >= 0.3 is 6.18 Å². The number of thiophene rings is 1. The molecule has 1 aromatic heterocycles. The molecule has 0 N–H and O–H groups in total. The number of hydrogen-bond donors (Lipinski definition) is 0. The number of carbonyl (C=O) groups is 1. The van der Waals surface area contributed by atoms with Crippen molar-refractivity contribution in [2.45, 2.75) is 16.8 Å². The molecular weight excluding hydrogens is 481 g/mol. The zero-order chi connectivity index (χ0) is 20.5. The maximum Gasteiger partial charge on any atom is 0.416 e. The van der Waals surface area contributed by atoms with Crippen LogP contribution in [0.5, 0.6) is 0 Å². The Bertz CT molecular complexity index is 968. The van der Waals surface area contributed by atoms with Crippen LogP contribution in [0.15, 0.2) is 44.4 Å². The van der Waals surface area contributed by atoms with E-state index in [0.717, 1.165) is 23.5 Å². The Kier molecular flexibility index (Phi) is 6.18. The summed E-state index contributed by atoms with van der Waals surface area (Å²) >= 11 is 4.35.